The topological polar surface area (TPSA) is 17.8 Å². The van der Waals surface area contributed by atoms with Gasteiger partial charge < -0.3 is 0 Å². The molecule has 0 spiro atoms. The van der Waals surface area contributed by atoms with Crippen molar-refractivity contribution < 1.29 is 26.3 Å². The Balaban J connectivity index is 2.89. The summed E-state index contributed by atoms with van der Waals surface area (Å²) in [6.45, 7) is -1.07. The molecular weight excluding hydrogens is 246 g/mol. The molecule has 2 nitrogen and oxygen atoms in total. The van der Waals surface area contributed by atoms with Crippen molar-refractivity contribution >= 4 is 11.8 Å². The molecule has 0 amide bonds. The molecule has 0 aliphatic rings. The maximum absolute atomic E-state index is 12.7. The molecule has 0 atom stereocenters. The molecule has 0 unspecified atom stereocenters. The van der Waals surface area contributed by atoms with Gasteiger partial charge in [0.05, 0.1) is 6.20 Å². The molecule has 0 aliphatic heterocycles. The minimum atomic E-state index is -4.74. The summed E-state index contributed by atoms with van der Waals surface area (Å²) in [5.74, 6) is -1.27. The molecule has 86 valence electrons. The van der Waals surface area contributed by atoms with Gasteiger partial charge >= 0.3 is 5.51 Å². The Morgan fingerprint density at radius 2 is 2.00 bits per heavy atom. The second-order valence-corrected chi connectivity index (χ2v) is 3.47. The summed E-state index contributed by atoms with van der Waals surface area (Å²) >= 11 is -0.805. The Bertz CT molecular complexity index is 333. The van der Waals surface area contributed by atoms with E-state index in [0.717, 1.165) is 0 Å². The van der Waals surface area contributed by atoms with Crippen LogP contribution in [0, 0.1) is 5.82 Å². The monoisotopic (exact) mass is 250 g/mol. The van der Waals surface area contributed by atoms with Gasteiger partial charge in [-0.05, 0) is 0 Å². The fraction of sp³-hybridized carbons (Fsp3) is 0.500. The highest BCUT2D eigenvalue weighted by Gasteiger charge is 2.33. The number of halogens is 6. The van der Waals surface area contributed by atoms with E-state index in [1.165, 1.54) is 0 Å². The summed E-state index contributed by atoms with van der Waals surface area (Å²) in [5, 5.41) is 2.13. The molecule has 0 bridgehead atoms. The molecule has 0 fully saturated rings. The zero-order valence-corrected chi connectivity index (χ0v) is 7.75. The van der Waals surface area contributed by atoms with Crippen molar-refractivity contribution in [3.05, 3.63) is 12.0 Å². The van der Waals surface area contributed by atoms with Gasteiger partial charge in [0, 0.05) is 11.8 Å². The predicted octanol–water partition coefficient (Wildman–Crippen LogP) is 2.90. The van der Waals surface area contributed by atoms with Gasteiger partial charge in [-0.1, -0.05) is 0 Å². The molecule has 1 aromatic rings. The Morgan fingerprint density at radius 1 is 1.40 bits per heavy atom. The van der Waals surface area contributed by atoms with Crippen molar-refractivity contribution in [1.82, 2.24) is 9.78 Å². The molecule has 0 aromatic carbocycles. The zero-order valence-electron chi connectivity index (χ0n) is 6.93. The van der Waals surface area contributed by atoms with E-state index < -0.39 is 41.1 Å². The van der Waals surface area contributed by atoms with Crippen molar-refractivity contribution in [2.75, 3.05) is 0 Å². The number of hydrogen-bond donors (Lipinski definition) is 0. The van der Waals surface area contributed by atoms with E-state index in [4.69, 9.17) is 0 Å². The lowest BCUT2D eigenvalue weighted by Crippen LogP contribution is -2.11. The quantitative estimate of drug-likeness (QED) is 0.606. The van der Waals surface area contributed by atoms with E-state index in [1.54, 1.807) is 0 Å². The number of aromatic nitrogens is 2. The second-order valence-electron chi connectivity index (χ2n) is 2.42. The summed E-state index contributed by atoms with van der Waals surface area (Å²) in [6.07, 6.45) is -2.42. The molecule has 0 radical (unpaired) electrons. The smallest absolute Gasteiger partial charge is 0.250 e. The van der Waals surface area contributed by atoms with Crippen LogP contribution in [0.5, 0.6) is 0 Å². The average Bonchev–Trinajstić information content (AvgIpc) is 2.32. The van der Waals surface area contributed by atoms with Gasteiger partial charge in [-0.3, -0.25) is 0 Å². The maximum Gasteiger partial charge on any atom is 0.447 e. The van der Waals surface area contributed by atoms with Crippen LogP contribution in [-0.4, -0.2) is 21.7 Å². The van der Waals surface area contributed by atoms with Gasteiger partial charge in [-0.25, -0.2) is 17.9 Å². The van der Waals surface area contributed by atoms with Crippen molar-refractivity contribution in [3.8, 4) is 0 Å². The average molecular weight is 250 g/mol. The summed E-state index contributed by atoms with van der Waals surface area (Å²) < 4.78 is 72.4. The highest BCUT2D eigenvalue weighted by atomic mass is 32.2. The second kappa shape index (κ2) is 4.33. The van der Waals surface area contributed by atoms with Gasteiger partial charge in [0.15, 0.2) is 5.82 Å². The summed E-state index contributed by atoms with van der Waals surface area (Å²) in [4.78, 5) is 0. The van der Waals surface area contributed by atoms with Crippen LogP contribution < -0.4 is 0 Å². The van der Waals surface area contributed by atoms with E-state index in [0.29, 0.717) is 6.20 Å². The molecular formula is C6H4F6N2S. The number of hydrogen-bond acceptors (Lipinski definition) is 2. The molecule has 1 heterocycles. The maximum atomic E-state index is 12.7. The van der Waals surface area contributed by atoms with Crippen LogP contribution in [0.4, 0.5) is 26.3 Å². The Labute approximate surface area is 84.2 Å². The van der Waals surface area contributed by atoms with Crippen molar-refractivity contribution in [1.29, 1.82) is 0 Å². The first kappa shape index (κ1) is 12.2. The Morgan fingerprint density at radius 3 is 2.47 bits per heavy atom. The van der Waals surface area contributed by atoms with Crippen molar-refractivity contribution in [3.63, 3.8) is 0 Å². The third-order valence-corrected chi connectivity index (χ3v) is 2.10. The number of rotatable bonds is 3. The summed E-state index contributed by atoms with van der Waals surface area (Å²) in [5.41, 5.74) is -4.74. The zero-order chi connectivity index (χ0) is 11.6. The molecule has 0 aliphatic carbocycles. The molecule has 1 rings (SSSR count). The lowest BCUT2D eigenvalue weighted by atomic mass is 10.6. The summed E-state index contributed by atoms with van der Waals surface area (Å²) in [7, 11) is 0. The van der Waals surface area contributed by atoms with Crippen LogP contribution in [0.1, 0.15) is 0 Å². The van der Waals surface area contributed by atoms with E-state index >= 15 is 0 Å². The molecule has 15 heavy (non-hydrogen) atoms. The molecule has 0 saturated carbocycles. The van der Waals surface area contributed by atoms with Gasteiger partial charge in [-0.15, -0.1) is 0 Å². The lowest BCUT2D eigenvalue weighted by Gasteiger charge is -2.08. The predicted molar refractivity (Wildman–Crippen MR) is 40.1 cm³/mol. The van der Waals surface area contributed by atoms with Crippen molar-refractivity contribution in [2.24, 2.45) is 0 Å². The lowest BCUT2D eigenvalue weighted by molar-refractivity contribution is -0.0333. The first-order valence-corrected chi connectivity index (χ1v) is 4.36. The van der Waals surface area contributed by atoms with Crippen LogP contribution in [0.2, 0.25) is 0 Å². The van der Waals surface area contributed by atoms with Crippen LogP contribution in [-0.2, 0) is 6.54 Å². The number of alkyl halides is 5. The fourth-order valence-corrected chi connectivity index (χ4v) is 1.42. The minimum Gasteiger partial charge on any atom is -0.250 e. The highest BCUT2D eigenvalue weighted by molar-refractivity contribution is 8.00. The standard InChI is InChI=1S/C6H4F6N2S/c7-3-1-13-14(2-4(8)9)5(3)15-6(10,11)12/h1,4H,2H2. The van der Waals surface area contributed by atoms with Crippen LogP contribution in [0.3, 0.4) is 0 Å². The molecule has 1 aromatic heterocycles. The third kappa shape index (κ3) is 3.65. The van der Waals surface area contributed by atoms with Gasteiger partial charge in [0.25, 0.3) is 6.43 Å². The first-order valence-electron chi connectivity index (χ1n) is 3.55. The molecule has 0 saturated heterocycles. The van der Waals surface area contributed by atoms with Gasteiger partial charge in [0.1, 0.15) is 11.6 Å². The van der Waals surface area contributed by atoms with E-state index in [-0.39, 0.29) is 4.68 Å². The Hall–Kier alpha value is -0.860. The number of thioether (sulfide) groups is 1. The molecule has 0 N–H and O–H groups in total. The van der Waals surface area contributed by atoms with Gasteiger partial charge in [0.2, 0.25) is 0 Å². The SMILES string of the molecule is Fc1cnn(CC(F)F)c1SC(F)(F)F. The molecule has 9 heteroatoms. The van der Waals surface area contributed by atoms with Gasteiger partial charge in [-0.2, -0.15) is 18.3 Å². The van der Waals surface area contributed by atoms with Crippen LogP contribution in [0.15, 0.2) is 11.2 Å². The van der Waals surface area contributed by atoms with E-state index in [9.17, 15) is 26.3 Å². The summed E-state index contributed by atoms with van der Waals surface area (Å²) in [6, 6.07) is 0. The first-order chi connectivity index (χ1) is 6.79. The fourth-order valence-electron chi connectivity index (χ4n) is 0.823. The van der Waals surface area contributed by atoms with E-state index in [1.807, 2.05) is 0 Å². The van der Waals surface area contributed by atoms with Crippen molar-refractivity contribution in [2.45, 2.75) is 23.5 Å². The minimum absolute atomic E-state index is 0.290. The van der Waals surface area contributed by atoms with Crippen LogP contribution >= 0.6 is 11.8 Å². The van der Waals surface area contributed by atoms with Crippen LogP contribution in [0.25, 0.3) is 0 Å². The number of nitrogens with zero attached hydrogens (tertiary/aromatic N) is 2. The van der Waals surface area contributed by atoms with E-state index in [2.05, 4.69) is 5.10 Å². The highest BCUT2D eigenvalue weighted by Crippen LogP contribution is 2.38. The normalized spacial score (nSPS) is 12.5. The largest absolute Gasteiger partial charge is 0.447 e. The Kier molecular flexibility index (Phi) is 3.53. The third-order valence-electron chi connectivity index (χ3n) is 1.27.